The molecule has 1 aliphatic carbocycles. The highest BCUT2D eigenvalue weighted by Crippen LogP contribution is 2.41. The van der Waals surface area contributed by atoms with Gasteiger partial charge in [0, 0.05) is 30.0 Å². The quantitative estimate of drug-likeness (QED) is 0.486. The van der Waals surface area contributed by atoms with Crippen LogP contribution in [0, 0.1) is 12.7 Å². The molecular weight excluding hydrogens is 387 g/mol. The van der Waals surface area contributed by atoms with Gasteiger partial charge in [0.05, 0.1) is 36.1 Å². The molecule has 7 heteroatoms. The smallest absolute Gasteiger partial charge is 0.302 e. The lowest BCUT2D eigenvalue weighted by molar-refractivity contribution is -0.142. The fraction of sp³-hybridized carbons (Fsp3) is 0.348. The molecule has 0 bridgehead atoms. The number of benzene rings is 1. The van der Waals surface area contributed by atoms with Crippen molar-refractivity contribution in [2.75, 3.05) is 7.11 Å². The van der Waals surface area contributed by atoms with Gasteiger partial charge in [0.15, 0.2) is 0 Å². The standard InChI is InChI=1S/C23H21FN2O4/c1-11-13-5-4-6-14-15-9-26-19(22(15)25-18(21(13)14)7-17(11)24)8-20(29-3)16(23(26)28)10-30-12(2)27/h7-8H,4-6,9-10H2,1-3H3. The van der Waals surface area contributed by atoms with E-state index in [0.717, 1.165) is 41.3 Å². The monoisotopic (exact) mass is 408 g/mol. The number of rotatable bonds is 3. The van der Waals surface area contributed by atoms with E-state index in [4.69, 9.17) is 14.5 Å². The average Bonchev–Trinajstić information content (AvgIpc) is 3.10. The van der Waals surface area contributed by atoms with Gasteiger partial charge >= 0.3 is 5.97 Å². The zero-order chi connectivity index (χ0) is 21.2. The summed E-state index contributed by atoms with van der Waals surface area (Å²) in [7, 11) is 1.47. The molecule has 0 spiro atoms. The van der Waals surface area contributed by atoms with E-state index in [1.807, 2.05) is 6.92 Å². The van der Waals surface area contributed by atoms with Crippen LogP contribution in [0.25, 0.3) is 22.3 Å². The van der Waals surface area contributed by atoms with Crippen LogP contribution in [0.15, 0.2) is 16.9 Å². The molecule has 30 heavy (non-hydrogen) atoms. The first-order valence-electron chi connectivity index (χ1n) is 9.98. The van der Waals surface area contributed by atoms with Crippen LogP contribution >= 0.6 is 0 Å². The van der Waals surface area contributed by atoms with Crippen LogP contribution in [0.4, 0.5) is 4.39 Å². The van der Waals surface area contributed by atoms with Gasteiger partial charge in [0.1, 0.15) is 18.2 Å². The number of halogens is 1. The number of aromatic nitrogens is 2. The van der Waals surface area contributed by atoms with Gasteiger partial charge in [0.25, 0.3) is 5.56 Å². The van der Waals surface area contributed by atoms with Gasteiger partial charge in [-0.3, -0.25) is 9.59 Å². The Morgan fingerprint density at radius 2 is 2.00 bits per heavy atom. The number of nitrogens with zero attached hydrogens (tertiary/aromatic N) is 2. The zero-order valence-electron chi connectivity index (χ0n) is 17.1. The first-order valence-corrected chi connectivity index (χ1v) is 9.98. The van der Waals surface area contributed by atoms with E-state index < -0.39 is 5.97 Å². The second-order valence-electron chi connectivity index (χ2n) is 7.88. The number of aryl methyl sites for hydroxylation is 2. The van der Waals surface area contributed by atoms with E-state index in [0.29, 0.717) is 40.3 Å². The highest BCUT2D eigenvalue weighted by atomic mass is 19.1. The summed E-state index contributed by atoms with van der Waals surface area (Å²) in [4.78, 5) is 29.2. The summed E-state index contributed by atoms with van der Waals surface area (Å²) in [5, 5.41) is 1.03. The molecule has 1 aliphatic heterocycles. The largest absolute Gasteiger partial charge is 0.496 e. The minimum atomic E-state index is -0.465. The van der Waals surface area contributed by atoms with Crippen molar-refractivity contribution in [3.63, 3.8) is 0 Å². The minimum absolute atomic E-state index is 0.148. The molecule has 0 saturated carbocycles. The zero-order valence-corrected chi connectivity index (χ0v) is 17.1. The van der Waals surface area contributed by atoms with Gasteiger partial charge in [-0.15, -0.1) is 0 Å². The van der Waals surface area contributed by atoms with E-state index in [1.54, 1.807) is 10.6 Å². The number of fused-ring (bicyclic) bond motifs is 4. The summed E-state index contributed by atoms with van der Waals surface area (Å²) >= 11 is 0. The number of methoxy groups -OCH3 is 1. The maximum Gasteiger partial charge on any atom is 0.302 e. The number of carbonyl (C=O) groups excluding carboxylic acids is 1. The summed E-state index contributed by atoms with van der Waals surface area (Å²) in [5.74, 6) is -0.360. The van der Waals surface area contributed by atoms with Gasteiger partial charge in [0.2, 0.25) is 0 Å². The second kappa shape index (κ2) is 6.65. The van der Waals surface area contributed by atoms with E-state index in [1.165, 1.54) is 20.1 Å². The molecule has 0 radical (unpaired) electrons. The van der Waals surface area contributed by atoms with Crippen molar-refractivity contribution >= 4 is 16.9 Å². The van der Waals surface area contributed by atoms with E-state index in [-0.39, 0.29) is 18.0 Å². The summed E-state index contributed by atoms with van der Waals surface area (Å²) in [5.41, 5.74) is 5.88. The Balaban J connectivity index is 1.76. The van der Waals surface area contributed by atoms with Crippen LogP contribution in [0.2, 0.25) is 0 Å². The number of hydrogen-bond donors (Lipinski definition) is 0. The Morgan fingerprint density at radius 1 is 1.23 bits per heavy atom. The van der Waals surface area contributed by atoms with Crippen LogP contribution < -0.4 is 10.3 Å². The third-order valence-electron chi connectivity index (χ3n) is 6.23. The molecule has 3 heterocycles. The summed E-state index contributed by atoms with van der Waals surface area (Å²) in [6.45, 7) is 3.36. The van der Waals surface area contributed by atoms with Crippen LogP contribution in [-0.2, 0) is 35.5 Å². The molecule has 1 aromatic carbocycles. The number of carbonyl (C=O) groups is 1. The topological polar surface area (TPSA) is 70.4 Å². The molecule has 0 saturated heterocycles. The Morgan fingerprint density at radius 3 is 2.73 bits per heavy atom. The first-order chi connectivity index (χ1) is 14.4. The number of esters is 1. The fourth-order valence-electron chi connectivity index (χ4n) is 4.77. The highest BCUT2D eigenvalue weighted by molar-refractivity contribution is 5.92. The lowest BCUT2D eigenvalue weighted by atomic mass is 9.85. The Hall–Kier alpha value is -3.22. The molecule has 5 rings (SSSR count). The molecule has 0 amide bonds. The van der Waals surface area contributed by atoms with Crippen molar-refractivity contribution in [2.24, 2.45) is 0 Å². The third kappa shape index (κ3) is 2.57. The lowest BCUT2D eigenvalue weighted by Gasteiger charge is -2.21. The van der Waals surface area contributed by atoms with Crippen molar-refractivity contribution < 1.29 is 18.7 Å². The van der Waals surface area contributed by atoms with Gasteiger partial charge < -0.3 is 14.0 Å². The molecule has 0 atom stereocenters. The lowest BCUT2D eigenvalue weighted by Crippen LogP contribution is -2.24. The van der Waals surface area contributed by atoms with Crippen LogP contribution in [0.5, 0.6) is 5.75 Å². The molecule has 0 fully saturated rings. The first kappa shape index (κ1) is 18.8. The molecule has 3 aromatic rings. The normalized spacial score (nSPS) is 13.9. The van der Waals surface area contributed by atoms with E-state index >= 15 is 0 Å². The maximum atomic E-state index is 14.5. The molecule has 0 N–H and O–H groups in total. The van der Waals surface area contributed by atoms with Crippen molar-refractivity contribution in [1.29, 1.82) is 0 Å². The van der Waals surface area contributed by atoms with Crippen molar-refractivity contribution in [3.05, 3.63) is 56.1 Å². The Bertz CT molecular complexity index is 1310. The van der Waals surface area contributed by atoms with Crippen molar-refractivity contribution in [1.82, 2.24) is 9.55 Å². The minimum Gasteiger partial charge on any atom is -0.496 e. The Kier molecular flexibility index (Phi) is 4.17. The van der Waals surface area contributed by atoms with Gasteiger partial charge in [-0.2, -0.15) is 0 Å². The van der Waals surface area contributed by atoms with E-state index in [2.05, 4.69) is 0 Å². The third-order valence-corrected chi connectivity index (χ3v) is 6.23. The molecule has 2 aliphatic rings. The van der Waals surface area contributed by atoms with Crippen LogP contribution in [0.3, 0.4) is 0 Å². The van der Waals surface area contributed by atoms with Gasteiger partial charge in [-0.1, -0.05) is 0 Å². The van der Waals surface area contributed by atoms with Crippen LogP contribution in [0.1, 0.15) is 41.2 Å². The predicted octanol–water partition coefficient (Wildman–Crippen LogP) is 3.43. The SMILES string of the molecule is COc1cc2n(c(=O)c1COC(C)=O)Cc1c-2nc2cc(F)c(C)c3c2c1CCC3. The number of pyridine rings is 2. The summed E-state index contributed by atoms with van der Waals surface area (Å²) in [6.07, 6.45) is 2.65. The van der Waals surface area contributed by atoms with Gasteiger partial charge in [-0.05, 0) is 42.9 Å². The average molecular weight is 408 g/mol. The molecule has 6 nitrogen and oxygen atoms in total. The summed E-state index contributed by atoms with van der Waals surface area (Å²) in [6, 6.07) is 3.25. The molecule has 2 aromatic heterocycles. The number of ether oxygens (including phenoxy) is 2. The highest BCUT2D eigenvalue weighted by Gasteiger charge is 2.31. The van der Waals surface area contributed by atoms with Crippen molar-refractivity contribution in [3.8, 4) is 17.1 Å². The number of hydrogen-bond acceptors (Lipinski definition) is 5. The second-order valence-corrected chi connectivity index (χ2v) is 7.88. The summed E-state index contributed by atoms with van der Waals surface area (Å²) < 4.78 is 26.6. The van der Waals surface area contributed by atoms with E-state index in [9.17, 15) is 14.0 Å². The fourth-order valence-corrected chi connectivity index (χ4v) is 4.77. The molecular formula is C23H21FN2O4. The van der Waals surface area contributed by atoms with Crippen molar-refractivity contribution in [2.45, 2.75) is 46.3 Å². The van der Waals surface area contributed by atoms with Crippen LogP contribution in [-0.4, -0.2) is 22.6 Å². The Labute approximate surface area is 172 Å². The predicted molar refractivity (Wildman–Crippen MR) is 109 cm³/mol. The van der Waals surface area contributed by atoms with Gasteiger partial charge in [-0.25, -0.2) is 9.37 Å². The maximum absolute atomic E-state index is 14.5. The molecule has 154 valence electrons. The molecule has 0 unspecified atom stereocenters.